The number of benzene rings is 1. The molecule has 1 aromatic rings. The number of carbonyl (C=O) groups excluding carboxylic acids is 1. The van der Waals surface area contributed by atoms with E-state index in [0.29, 0.717) is 11.6 Å². The van der Waals surface area contributed by atoms with Crippen LogP contribution in [0.1, 0.15) is 5.56 Å². The average molecular weight is 224 g/mol. The average Bonchev–Trinajstić information content (AvgIpc) is 2.49. The Kier molecular flexibility index (Phi) is 2.73. The minimum absolute atomic E-state index is 0.207. The number of thioether (sulfide) groups is 1. The van der Waals surface area contributed by atoms with Gasteiger partial charge in [0.1, 0.15) is 5.82 Å². The molecule has 15 heavy (non-hydrogen) atoms. The van der Waals surface area contributed by atoms with E-state index in [2.05, 4.69) is 4.99 Å². The summed E-state index contributed by atoms with van der Waals surface area (Å²) >= 11 is 1.26. The molecule has 0 aliphatic carbocycles. The zero-order chi connectivity index (χ0) is 10.8. The van der Waals surface area contributed by atoms with Crippen molar-refractivity contribution in [1.29, 1.82) is 0 Å². The van der Waals surface area contributed by atoms with Gasteiger partial charge in [-0.1, -0.05) is 23.9 Å². The molecule has 0 saturated heterocycles. The van der Waals surface area contributed by atoms with E-state index in [4.69, 9.17) is 5.73 Å². The van der Waals surface area contributed by atoms with Crippen molar-refractivity contribution in [2.45, 2.75) is 11.7 Å². The molecule has 1 aliphatic heterocycles. The van der Waals surface area contributed by atoms with Crippen molar-refractivity contribution in [3.05, 3.63) is 35.6 Å². The lowest BCUT2D eigenvalue weighted by Gasteiger charge is -2.05. The van der Waals surface area contributed by atoms with Crippen LogP contribution >= 0.6 is 11.8 Å². The predicted molar refractivity (Wildman–Crippen MR) is 58.1 cm³/mol. The molecular weight excluding hydrogens is 215 g/mol. The lowest BCUT2D eigenvalue weighted by Crippen LogP contribution is -2.14. The van der Waals surface area contributed by atoms with Crippen LogP contribution in [0.3, 0.4) is 0 Å². The van der Waals surface area contributed by atoms with Gasteiger partial charge in [-0.05, 0) is 24.1 Å². The Morgan fingerprint density at radius 2 is 2.07 bits per heavy atom. The van der Waals surface area contributed by atoms with Crippen LogP contribution in [0.25, 0.3) is 0 Å². The summed E-state index contributed by atoms with van der Waals surface area (Å²) in [4.78, 5) is 14.9. The van der Waals surface area contributed by atoms with E-state index in [9.17, 15) is 9.18 Å². The monoisotopic (exact) mass is 224 g/mol. The number of nitrogens with zero attached hydrogens (tertiary/aromatic N) is 1. The molecular formula is C10H9FN2OS. The fraction of sp³-hybridized carbons (Fsp3) is 0.200. The molecule has 1 amide bonds. The molecule has 0 aromatic heterocycles. The highest BCUT2D eigenvalue weighted by Gasteiger charge is 2.26. The van der Waals surface area contributed by atoms with Crippen LogP contribution in [0, 0.1) is 5.82 Å². The SMILES string of the molecule is NC1=NC(=O)[C@@H](Cc2ccc(F)cc2)S1. The van der Waals surface area contributed by atoms with Crippen LogP contribution in [0.2, 0.25) is 0 Å². The first-order chi connectivity index (χ1) is 7.15. The van der Waals surface area contributed by atoms with Crippen molar-refractivity contribution in [3.8, 4) is 0 Å². The summed E-state index contributed by atoms with van der Waals surface area (Å²) < 4.78 is 12.6. The van der Waals surface area contributed by atoms with Crippen LogP contribution in [-0.2, 0) is 11.2 Å². The first-order valence-electron chi connectivity index (χ1n) is 4.44. The smallest absolute Gasteiger partial charge is 0.261 e. The van der Waals surface area contributed by atoms with Crippen LogP contribution in [-0.4, -0.2) is 16.3 Å². The number of amides is 1. The number of hydrogen-bond acceptors (Lipinski definition) is 3. The van der Waals surface area contributed by atoms with Gasteiger partial charge in [-0.25, -0.2) is 4.39 Å². The minimum Gasteiger partial charge on any atom is -0.378 e. The molecule has 0 spiro atoms. The molecule has 0 fully saturated rings. The number of halogens is 1. The molecule has 0 bridgehead atoms. The molecule has 78 valence electrons. The van der Waals surface area contributed by atoms with Gasteiger partial charge in [0.2, 0.25) is 0 Å². The summed E-state index contributed by atoms with van der Waals surface area (Å²) in [6.45, 7) is 0. The molecule has 0 radical (unpaired) electrons. The van der Waals surface area contributed by atoms with Crippen molar-refractivity contribution in [2.24, 2.45) is 10.7 Å². The number of hydrogen-bond donors (Lipinski definition) is 1. The van der Waals surface area contributed by atoms with Gasteiger partial charge in [-0.15, -0.1) is 0 Å². The topological polar surface area (TPSA) is 55.4 Å². The van der Waals surface area contributed by atoms with E-state index < -0.39 is 0 Å². The van der Waals surface area contributed by atoms with Crippen molar-refractivity contribution in [3.63, 3.8) is 0 Å². The van der Waals surface area contributed by atoms with E-state index in [-0.39, 0.29) is 17.0 Å². The fourth-order valence-corrected chi connectivity index (χ4v) is 2.23. The normalized spacial score (nSPS) is 20.5. The predicted octanol–water partition coefficient (Wildman–Crippen LogP) is 1.32. The summed E-state index contributed by atoms with van der Waals surface area (Å²) in [5.41, 5.74) is 6.33. The van der Waals surface area contributed by atoms with Crippen molar-refractivity contribution in [2.75, 3.05) is 0 Å². The highest BCUT2D eigenvalue weighted by Crippen LogP contribution is 2.23. The summed E-state index contributed by atoms with van der Waals surface area (Å²) in [5.74, 6) is -0.484. The Bertz CT molecular complexity index is 416. The summed E-state index contributed by atoms with van der Waals surface area (Å²) in [6.07, 6.45) is 0.536. The number of aliphatic imine (C=N–C) groups is 1. The van der Waals surface area contributed by atoms with Crippen molar-refractivity contribution in [1.82, 2.24) is 0 Å². The second-order valence-corrected chi connectivity index (χ2v) is 4.45. The molecule has 1 heterocycles. The maximum atomic E-state index is 12.6. The first kappa shape index (κ1) is 10.2. The van der Waals surface area contributed by atoms with E-state index >= 15 is 0 Å². The van der Waals surface area contributed by atoms with Crippen molar-refractivity contribution >= 4 is 22.8 Å². The molecule has 1 atom stereocenters. The fourth-order valence-electron chi connectivity index (χ4n) is 1.37. The van der Waals surface area contributed by atoms with E-state index in [1.165, 1.54) is 23.9 Å². The second kappa shape index (κ2) is 4.02. The lowest BCUT2D eigenvalue weighted by atomic mass is 10.1. The van der Waals surface area contributed by atoms with Gasteiger partial charge in [0.05, 0.1) is 5.25 Å². The van der Waals surface area contributed by atoms with E-state index in [1.54, 1.807) is 12.1 Å². The molecule has 5 heteroatoms. The molecule has 2 N–H and O–H groups in total. The summed E-state index contributed by atoms with van der Waals surface area (Å²) in [5, 5.41) is 0.0579. The van der Waals surface area contributed by atoms with Crippen LogP contribution in [0.5, 0.6) is 0 Å². The highest BCUT2D eigenvalue weighted by atomic mass is 32.2. The van der Waals surface area contributed by atoms with Gasteiger partial charge in [-0.2, -0.15) is 4.99 Å². The Morgan fingerprint density at radius 1 is 1.40 bits per heavy atom. The second-order valence-electron chi connectivity index (χ2n) is 3.23. The number of rotatable bonds is 2. The van der Waals surface area contributed by atoms with E-state index in [1.807, 2.05) is 0 Å². The summed E-state index contributed by atoms with van der Waals surface area (Å²) in [6, 6.07) is 6.09. The third kappa shape index (κ3) is 2.36. The number of amidine groups is 1. The van der Waals surface area contributed by atoms with Crippen LogP contribution < -0.4 is 5.73 Å². The zero-order valence-corrected chi connectivity index (χ0v) is 8.63. The molecule has 0 unspecified atom stereocenters. The highest BCUT2D eigenvalue weighted by molar-refractivity contribution is 8.15. The van der Waals surface area contributed by atoms with Crippen molar-refractivity contribution < 1.29 is 9.18 Å². The minimum atomic E-state index is -0.278. The number of carbonyl (C=O) groups is 1. The molecule has 0 saturated carbocycles. The molecule has 1 aliphatic rings. The van der Waals surface area contributed by atoms with Gasteiger partial charge in [0.15, 0.2) is 5.17 Å². The molecule has 2 rings (SSSR count). The largest absolute Gasteiger partial charge is 0.378 e. The van der Waals surface area contributed by atoms with Gasteiger partial charge in [0, 0.05) is 0 Å². The molecule has 1 aromatic carbocycles. The maximum absolute atomic E-state index is 12.6. The molecule has 3 nitrogen and oxygen atoms in total. The summed E-state index contributed by atoms with van der Waals surface area (Å²) in [7, 11) is 0. The van der Waals surface area contributed by atoms with Gasteiger partial charge in [0.25, 0.3) is 5.91 Å². The Balaban J connectivity index is 2.04. The Morgan fingerprint density at radius 3 is 2.60 bits per heavy atom. The number of nitrogens with two attached hydrogens (primary N) is 1. The zero-order valence-electron chi connectivity index (χ0n) is 7.81. The quantitative estimate of drug-likeness (QED) is 0.824. The first-order valence-corrected chi connectivity index (χ1v) is 5.32. The van der Waals surface area contributed by atoms with Gasteiger partial charge in [-0.3, -0.25) is 4.79 Å². The van der Waals surface area contributed by atoms with Gasteiger partial charge >= 0.3 is 0 Å². The van der Waals surface area contributed by atoms with Gasteiger partial charge < -0.3 is 5.73 Å². The third-order valence-electron chi connectivity index (χ3n) is 2.09. The lowest BCUT2D eigenvalue weighted by molar-refractivity contribution is -0.117. The van der Waals surface area contributed by atoms with E-state index in [0.717, 1.165) is 5.56 Å². The Hall–Kier alpha value is -1.36. The van der Waals surface area contributed by atoms with Crippen LogP contribution in [0.15, 0.2) is 29.3 Å². The van der Waals surface area contributed by atoms with Crippen LogP contribution in [0.4, 0.5) is 4.39 Å². The Labute approximate surface area is 90.6 Å². The standard InChI is InChI=1S/C10H9FN2OS/c11-7-3-1-6(2-4-7)5-8-9(14)13-10(12)15-8/h1-4,8H,5H2,(H2,12,13,14)/t8-/m1/s1. The maximum Gasteiger partial charge on any atom is 0.261 e. The third-order valence-corrected chi connectivity index (χ3v) is 3.08.